The fourth-order valence-corrected chi connectivity index (χ4v) is 2.63. The van der Waals surface area contributed by atoms with Crippen molar-refractivity contribution in [3.8, 4) is 0 Å². The Morgan fingerprint density at radius 1 is 1.47 bits per heavy atom. The Morgan fingerprint density at radius 2 is 2.21 bits per heavy atom. The second-order valence-corrected chi connectivity index (χ2v) is 5.72. The molecule has 0 aromatic heterocycles. The summed E-state index contributed by atoms with van der Waals surface area (Å²) in [7, 11) is 0. The average Bonchev–Trinajstić information content (AvgIpc) is 2.33. The number of benzene rings is 1. The van der Waals surface area contributed by atoms with E-state index in [0.29, 0.717) is 22.3 Å². The Bertz CT molecular complexity index is 481. The molecule has 4 nitrogen and oxygen atoms in total. The van der Waals surface area contributed by atoms with Crippen LogP contribution >= 0.6 is 23.2 Å². The lowest BCUT2D eigenvalue weighted by Crippen LogP contribution is -2.49. The molecule has 1 aliphatic heterocycles. The van der Waals surface area contributed by atoms with Crippen molar-refractivity contribution in [1.82, 2.24) is 4.90 Å². The van der Waals surface area contributed by atoms with Gasteiger partial charge >= 0.3 is 6.03 Å². The molecule has 1 aromatic rings. The highest BCUT2D eigenvalue weighted by atomic mass is 35.5. The number of carbonyl (C=O) groups excluding carboxylic acids is 1. The summed E-state index contributed by atoms with van der Waals surface area (Å²) in [5, 5.41) is 3.80. The van der Waals surface area contributed by atoms with Crippen LogP contribution in [0.4, 0.5) is 10.5 Å². The summed E-state index contributed by atoms with van der Waals surface area (Å²) < 4.78 is 0. The van der Waals surface area contributed by atoms with E-state index in [2.05, 4.69) is 5.32 Å². The molecular formula is C13H17Cl2N3O. The van der Waals surface area contributed by atoms with Gasteiger partial charge in [0.25, 0.3) is 0 Å². The van der Waals surface area contributed by atoms with Crippen molar-refractivity contribution < 1.29 is 4.79 Å². The molecule has 2 amide bonds. The normalized spacial score (nSPS) is 23.3. The van der Waals surface area contributed by atoms with Crippen LogP contribution in [0.2, 0.25) is 10.0 Å². The van der Waals surface area contributed by atoms with Crippen LogP contribution in [0.5, 0.6) is 0 Å². The number of nitrogens with two attached hydrogens (primary N) is 1. The summed E-state index contributed by atoms with van der Waals surface area (Å²) >= 11 is 11.9. The molecule has 0 spiro atoms. The number of hydrogen-bond donors (Lipinski definition) is 2. The number of piperidine rings is 1. The van der Waals surface area contributed by atoms with E-state index in [9.17, 15) is 4.79 Å². The van der Waals surface area contributed by atoms with Crippen LogP contribution in [-0.4, -0.2) is 29.6 Å². The first-order valence-corrected chi connectivity index (χ1v) is 7.01. The molecule has 104 valence electrons. The lowest BCUT2D eigenvalue weighted by atomic mass is 10.00. The number of nitrogens with one attached hydrogen (secondary N) is 1. The molecular weight excluding hydrogens is 285 g/mol. The van der Waals surface area contributed by atoms with Crippen molar-refractivity contribution in [2.24, 2.45) is 5.73 Å². The zero-order valence-electron chi connectivity index (χ0n) is 10.7. The predicted octanol–water partition coefficient (Wildman–Crippen LogP) is 3.34. The minimum Gasteiger partial charge on any atom is -0.328 e. The van der Waals surface area contributed by atoms with Gasteiger partial charge in [0.2, 0.25) is 0 Å². The third-order valence-corrected chi connectivity index (χ3v) is 3.91. The first-order chi connectivity index (χ1) is 8.97. The van der Waals surface area contributed by atoms with E-state index in [1.807, 2.05) is 6.92 Å². The van der Waals surface area contributed by atoms with Crippen molar-refractivity contribution in [3.05, 3.63) is 28.2 Å². The molecule has 0 radical (unpaired) electrons. The third-order valence-electron chi connectivity index (χ3n) is 3.35. The maximum Gasteiger partial charge on any atom is 0.322 e. The summed E-state index contributed by atoms with van der Waals surface area (Å²) in [6, 6.07) is 5.12. The number of likely N-dealkylation sites (tertiary alicyclic amines) is 1. The summed E-state index contributed by atoms with van der Waals surface area (Å²) in [6.45, 7) is 2.66. The van der Waals surface area contributed by atoms with Gasteiger partial charge in [-0.3, -0.25) is 0 Å². The van der Waals surface area contributed by atoms with E-state index in [-0.39, 0.29) is 18.1 Å². The Balaban J connectivity index is 2.06. The van der Waals surface area contributed by atoms with E-state index in [4.69, 9.17) is 28.9 Å². The van der Waals surface area contributed by atoms with Crippen molar-refractivity contribution in [1.29, 1.82) is 0 Å². The molecule has 0 bridgehead atoms. The SMILES string of the molecule is CC1CC(N)CCN1C(=O)Nc1cc(Cl)ccc1Cl. The van der Waals surface area contributed by atoms with Crippen molar-refractivity contribution in [2.75, 3.05) is 11.9 Å². The highest BCUT2D eigenvalue weighted by Gasteiger charge is 2.27. The van der Waals surface area contributed by atoms with Crippen LogP contribution in [0, 0.1) is 0 Å². The summed E-state index contributed by atoms with van der Waals surface area (Å²) in [4.78, 5) is 14.0. The maximum atomic E-state index is 12.2. The lowest BCUT2D eigenvalue weighted by molar-refractivity contribution is 0.163. The predicted molar refractivity (Wildman–Crippen MR) is 78.9 cm³/mol. The van der Waals surface area contributed by atoms with Gasteiger partial charge in [-0.25, -0.2) is 4.79 Å². The van der Waals surface area contributed by atoms with E-state index in [1.165, 1.54) is 0 Å². The van der Waals surface area contributed by atoms with Crippen LogP contribution in [0.1, 0.15) is 19.8 Å². The van der Waals surface area contributed by atoms with E-state index < -0.39 is 0 Å². The topological polar surface area (TPSA) is 58.4 Å². The van der Waals surface area contributed by atoms with Gasteiger partial charge in [-0.2, -0.15) is 0 Å². The van der Waals surface area contributed by atoms with Gasteiger partial charge in [0.05, 0.1) is 10.7 Å². The molecule has 1 aliphatic rings. The van der Waals surface area contributed by atoms with Gasteiger partial charge in [0, 0.05) is 23.7 Å². The van der Waals surface area contributed by atoms with Crippen LogP contribution in [0.15, 0.2) is 18.2 Å². The molecule has 1 heterocycles. The van der Waals surface area contributed by atoms with Gasteiger partial charge in [0.15, 0.2) is 0 Å². The molecule has 1 fully saturated rings. The number of halogens is 2. The quantitative estimate of drug-likeness (QED) is 0.836. The van der Waals surface area contributed by atoms with Gasteiger partial charge in [-0.15, -0.1) is 0 Å². The number of nitrogens with zero attached hydrogens (tertiary/aromatic N) is 1. The first kappa shape index (κ1) is 14.4. The minimum absolute atomic E-state index is 0.127. The molecule has 1 aromatic carbocycles. The second-order valence-electron chi connectivity index (χ2n) is 4.88. The van der Waals surface area contributed by atoms with Crippen molar-refractivity contribution in [3.63, 3.8) is 0 Å². The van der Waals surface area contributed by atoms with Crippen LogP contribution in [0.3, 0.4) is 0 Å². The van der Waals surface area contributed by atoms with E-state index in [0.717, 1.165) is 12.8 Å². The largest absolute Gasteiger partial charge is 0.328 e. The zero-order valence-corrected chi connectivity index (χ0v) is 12.2. The molecule has 2 unspecified atom stereocenters. The Labute approximate surface area is 122 Å². The smallest absolute Gasteiger partial charge is 0.322 e. The number of hydrogen-bond acceptors (Lipinski definition) is 2. The molecule has 2 atom stereocenters. The van der Waals surface area contributed by atoms with Crippen molar-refractivity contribution in [2.45, 2.75) is 31.8 Å². The van der Waals surface area contributed by atoms with Gasteiger partial charge in [0.1, 0.15) is 0 Å². The second kappa shape index (κ2) is 5.99. The first-order valence-electron chi connectivity index (χ1n) is 6.25. The van der Waals surface area contributed by atoms with Gasteiger partial charge < -0.3 is 16.0 Å². The number of carbonyl (C=O) groups is 1. The monoisotopic (exact) mass is 301 g/mol. The molecule has 19 heavy (non-hydrogen) atoms. The van der Waals surface area contributed by atoms with Gasteiger partial charge in [-0.05, 0) is 38.0 Å². The lowest BCUT2D eigenvalue weighted by Gasteiger charge is -2.36. The summed E-state index contributed by atoms with van der Waals surface area (Å²) in [5.41, 5.74) is 6.42. The van der Waals surface area contributed by atoms with E-state index in [1.54, 1.807) is 23.1 Å². The number of urea groups is 1. The Kier molecular flexibility index (Phi) is 4.55. The maximum absolute atomic E-state index is 12.2. The zero-order chi connectivity index (χ0) is 14.0. The molecule has 1 saturated heterocycles. The highest BCUT2D eigenvalue weighted by molar-refractivity contribution is 6.35. The molecule has 0 aliphatic carbocycles. The third kappa shape index (κ3) is 3.53. The molecule has 2 rings (SSSR count). The van der Waals surface area contributed by atoms with Crippen LogP contribution < -0.4 is 11.1 Å². The summed E-state index contributed by atoms with van der Waals surface area (Å²) in [5.74, 6) is 0. The summed E-state index contributed by atoms with van der Waals surface area (Å²) in [6.07, 6.45) is 1.64. The molecule has 3 N–H and O–H groups in total. The minimum atomic E-state index is -0.163. The number of amides is 2. The van der Waals surface area contributed by atoms with Crippen LogP contribution in [-0.2, 0) is 0 Å². The number of rotatable bonds is 1. The van der Waals surface area contributed by atoms with Crippen molar-refractivity contribution >= 4 is 34.9 Å². The average molecular weight is 302 g/mol. The molecule has 6 heteroatoms. The Hall–Kier alpha value is -0.970. The standard InChI is InChI=1S/C13H17Cl2N3O/c1-8-6-10(16)4-5-18(8)13(19)17-12-7-9(14)2-3-11(12)15/h2-3,7-8,10H,4-6,16H2,1H3,(H,17,19). The highest BCUT2D eigenvalue weighted by Crippen LogP contribution is 2.26. The fraction of sp³-hybridized carbons (Fsp3) is 0.462. The van der Waals surface area contributed by atoms with Crippen LogP contribution in [0.25, 0.3) is 0 Å². The van der Waals surface area contributed by atoms with Gasteiger partial charge in [-0.1, -0.05) is 23.2 Å². The number of anilines is 1. The molecule has 0 saturated carbocycles. The Morgan fingerprint density at radius 3 is 2.89 bits per heavy atom. The fourth-order valence-electron chi connectivity index (χ4n) is 2.29. The van der Waals surface area contributed by atoms with E-state index >= 15 is 0 Å².